The predicted octanol–water partition coefficient (Wildman–Crippen LogP) is 17.9. The third-order valence-electron chi connectivity index (χ3n) is 17.3. The summed E-state index contributed by atoms with van der Waals surface area (Å²) < 4.78 is 144. The number of aromatic nitrogens is 3. The van der Waals surface area contributed by atoms with Crippen molar-refractivity contribution < 1.29 is 20.6 Å². The van der Waals surface area contributed by atoms with Crippen LogP contribution in [-0.4, -0.2) is 20.2 Å². The van der Waals surface area contributed by atoms with Gasteiger partial charge in [0.2, 0.25) is 0 Å². The number of rotatable bonds is 3. The van der Waals surface area contributed by atoms with Crippen LogP contribution in [0.25, 0.3) is 148 Å². The Hall–Kier alpha value is -9.90. The first-order valence-corrected chi connectivity index (χ1v) is 27.0. The molecule has 4 aromatic heterocycles. The molecule has 0 atom stereocenters. The van der Waals surface area contributed by atoms with Gasteiger partial charge in [-0.15, -0.1) is 0 Å². The lowest BCUT2D eigenvalue weighted by atomic mass is 9.34. The standard InChI is InChI=1S/C76H50BN3/c1-76(2,3)51-35-37-66-60(43-51)62-40-50(47-24-11-6-12-25-47)41-63-73(62)79(66)69-44-68-70(58-32-19-31-57-55-29-16-14-27-53(55)52-26-13-15-28-54(52)56-30-17-18-33-65(56)78(68)72(57)58)75-71(69)77(63)64-42-49(46-22-9-5-10-23-46)39-61-59-38-48(45-20-7-4-8-21-45)34-36-67(59)80(75)74(61)64/h4-44H,1-3H3/i4D,5D,6D,7D,8D,9D,10D,11D,12D,20D,21D,22D,23D,24D,25D. The third kappa shape index (κ3) is 5.84. The third-order valence-corrected chi connectivity index (χ3v) is 17.3. The quantitative estimate of drug-likeness (QED) is 0.157. The van der Waals surface area contributed by atoms with Gasteiger partial charge in [-0.05, 0) is 131 Å². The minimum absolute atomic E-state index is 0.0122. The van der Waals surface area contributed by atoms with Crippen LogP contribution >= 0.6 is 0 Å². The lowest BCUT2D eigenvalue weighted by Gasteiger charge is -2.35. The molecule has 0 aliphatic carbocycles. The van der Waals surface area contributed by atoms with Crippen LogP contribution in [0.2, 0.25) is 0 Å². The SMILES string of the molecule is [2H]c1c([2H])c([2H])c(-c2ccc3c(c2)c2cc(-c4c([2H])c([2H])c([2H])c([2H])c4[2H])cc4c2n3-c2c3c(cc5c2c2cccc6c7ccccc7c7ccccc7c7ccccc7n5c62)-n2c5ccc(C(C)(C)C)cc5c5cc(-c6c([2H])c([2H])c([2H])c([2H])c6[2H])cc(c52)B34)c([2H])c1[2H]. The maximum atomic E-state index is 9.56. The minimum atomic E-state index is -0.805. The summed E-state index contributed by atoms with van der Waals surface area (Å²) in [6, 6.07) is 47.0. The zero-order chi connectivity index (χ0) is 65.8. The Kier molecular flexibility index (Phi) is 6.37. The fourth-order valence-electron chi connectivity index (χ4n) is 14.0. The molecule has 372 valence electrons. The van der Waals surface area contributed by atoms with Crippen molar-refractivity contribution in [1.82, 2.24) is 13.5 Å². The molecular weight excluding hydrogens is 966 g/mol. The lowest BCUT2D eigenvalue weighted by Crippen LogP contribution is -2.59. The Balaban J connectivity index is 1.13. The van der Waals surface area contributed by atoms with Gasteiger partial charge in [0.25, 0.3) is 6.71 Å². The smallest absolute Gasteiger partial charge is 0.252 e. The summed E-state index contributed by atoms with van der Waals surface area (Å²) in [6.07, 6.45) is 0. The molecule has 16 aromatic rings. The van der Waals surface area contributed by atoms with E-state index in [-0.39, 0.29) is 46.3 Å². The average Bonchev–Trinajstić information content (AvgIpc) is 1.53. The Bertz CT molecular complexity index is 6330. The number of nitrogens with zero attached hydrogens (tertiary/aromatic N) is 3. The summed E-state index contributed by atoms with van der Waals surface area (Å²) in [6.45, 7) is 5.67. The Morgan fingerprint density at radius 3 is 1.46 bits per heavy atom. The molecule has 0 saturated heterocycles. The zero-order valence-electron chi connectivity index (χ0n) is 58.4. The second-order valence-corrected chi connectivity index (χ2v) is 22.4. The molecule has 0 amide bonds. The molecular formula is C76H50BN3. The largest absolute Gasteiger partial charge is 0.310 e. The first-order valence-electron chi connectivity index (χ1n) is 34.5. The molecule has 0 fully saturated rings. The maximum Gasteiger partial charge on any atom is 0.252 e. The first-order chi connectivity index (χ1) is 45.6. The summed E-state index contributed by atoms with van der Waals surface area (Å²) in [5.41, 5.74) is 11.3. The molecule has 2 aliphatic heterocycles. The van der Waals surface area contributed by atoms with Crippen LogP contribution in [-0.2, 0) is 5.41 Å². The summed E-state index contributed by atoms with van der Waals surface area (Å²) in [7, 11) is 0. The maximum absolute atomic E-state index is 9.56. The van der Waals surface area contributed by atoms with E-state index in [1.807, 2.05) is 36.4 Å². The highest BCUT2D eigenvalue weighted by Gasteiger charge is 2.43. The van der Waals surface area contributed by atoms with Crippen LogP contribution in [0.4, 0.5) is 0 Å². The number of hydrogen-bond donors (Lipinski definition) is 0. The zero-order valence-corrected chi connectivity index (χ0v) is 43.4. The van der Waals surface area contributed by atoms with Crippen molar-refractivity contribution >= 4 is 126 Å². The normalized spacial score (nSPS) is 15.5. The van der Waals surface area contributed by atoms with E-state index in [4.69, 9.17) is 12.3 Å². The van der Waals surface area contributed by atoms with E-state index in [1.54, 1.807) is 6.07 Å². The lowest BCUT2D eigenvalue weighted by molar-refractivity contribution is 0.591. The number of hydrogen-bond acceptors (Lipinski definition) is 0. The van der Waals surface area contributed by atoms with E-state index in [1.165, 1.54) is 0 Å². The minimum Gasteiger partial charge on any atom is -0.310 e. The highest BCUT2D eigenvalue weighted by molar-refractivity contribution is 7.00. The van der Waals surface area contributed by atoms with Gasteiger partial charge >= 0.3 is 0 Å². The molecule has 0 N–H and O–H groups in total. The van der Waals surface area contributed by atoms with Crippen molar-refractivity contribution in [2.45, 2.75) is 26.2 Å². The number of benzene rings is 12. The van der Waals surface area contributed by atoms with Crippen LogP contribution in [0, 0.1) is 0 Å². The summed E-state index contributed by atoms with van der Waals surface area (Å²) in [5, 5.41) is 10.8. The van der Waals surface area contributed by atoms with Crippen LogP contribution < -0.4 is 16.4 Å². The molecule has 6 heterocycles. The summed E-state index contributed by atoms with van der Waals surface area (Å²) in [4.78, 5) is 0. The average molecular weight is 1030 g/mol. The van der Waals surface area contributed by atoms with Gasteiger partial charge in [0, 0.05) is 59.8 Å². The van der Waals surface area contributed by atoms with Crippen molar-refractivity contribution in [3.63, 3.8) is 0 Å². The molecule has 0 bridgehead atoms. The molecule has 80 heavy (non-hydrogen) atoms. The van der Waals surface area contributed by atoms with Gasteiger partial charge in [-0.2, -0.15) is 0 Å². The van der Waals surface area contributed by atoms with Crippen molar-refractivity contribution in [3.8, 4) is 44.8 Å². The second-order valence-electron chi connectivity index (χ2n) is 22.4. The van der Waals surface area contributed by atoms with Gasteiger partial charge in [-0.3, -0.25) is 0 Å². The van der Waals surface area contributed by atoms with Gasteiger partial charge < -0.3 is 13.5 Å². The van der Waals surface area contributed by atoms with Gasteiger partial charge in [-0.25, -0.2) is 0 Å². The Morgan fingerprint density at radius 1 is 0.350 bits per heavy atom. The molecule has 4 heteroatoms. The van der Waals surface area contributed by atoms with Crippen LogP contribution in [0.15, 0.2) is 248 Å². The van der Waals surface area contributed by atoms with E-state index < -0.39 is 73.2 Å². The highest BCUT2D eigenvalue weighted by atomic mass is 15.0. The Morgan fingerprint density at radius 2 is 0.838 bits per heavy atom. The first kappa shape index (κ1) is 32.1. The molecule has 0 saturated carbocycles. The number of para-hydroxylation sites is 2. The van der Waals surface area contributed by atoms with E-state index >= 15 is 0 Å². The van der Waals surface area contributed by atoms with E-state index in [9.17, 15) is 8.22 Å². The summed E-state index contributed by atoms with van der Waals surface area (Å²) in [5.74, 6) is 0. The monoisotopic (exact) mass is 1030 g/mol. The van der Waals surface area contributed by atoms with E-state index in [2.05, 4.69) is 150 Å². The molecule has 18 rings (SSSR count). The van der Waals surface area contributed by atoms with E-state index in [0.29, 0.717) is 44.0 Å². The van der Waals surface area contributed by atoms with Crippen LogP contribution in [0.5, 0.6) is 0 Å². The van der Waals surface area contributed by atoms with Crippen molar-refractivity contribution in [3.05, 3.63) is 254 Å². The van der Waals surface area contributed by atoms with Crippen molar-refractivity contribution in [2.24, 2.45) is 0 Å². The topological polar surface area (TPSA) is 14.3 Å². The summed E-state index contributed by atoms with van der Waals surface area (Å²) >= 11 is 0. The van der Waals surface area contributed by atoms with Crippen molar-refractivity contribution in [1.29, 1.82) is 0 Å². The second kappa shape index (κ2) is 15.9. The van der Waals surface area contributed by atoms with Gasteiger partial charge in [0.05, 0.1) is 53.8 Å². The number of fused-ring (bicyclic) bond motifs is 21. The highest BCUT2D eigenvalue weighted by Crippen LogP contribution is 2.48. The van der Waals surface area contributed by atoms with Gasteiger partial charge in [0.15, 0.2) is 0 Å². The predicted molar refractivity (Wildman–Crippen MR) is 342 cm³/mol. The van der Waals surface area contributed by atoms with Gasteiger partial charge in [-0.1, -0.05) is 221 Å². The molecule has 0 spiro atoms. The van der Waals surface area contributed by atoms with Crippen LogP contribution in [0.3, 0.4) is 0 Å². The van der Waals surface area contributed by atoms with Crippen LogP contribution in [0.1, 0.15) is 46.9 Å². The molecule has 3 nitrogen and oxygen atoms in total. The fourth-order valence-corrected chi connectivity index (χ4v) is 14.0. The Labute approximate surface area is 483 Å². The van der Waals surface area contributed by atoms with Gasteiger partial charge in [0.1, 0.15) is 0 Å². The molecule has 0 unspecified atom stereocenters. The van der Waals surface area contributed by atoms with E-state index in [0.717, 1.165) is 109 Å². The molecule has 12 aromatic carbocycles. The van der Waals surface area contributed by atoms with Crippen molar-refractivity contribution in [2.75, 3.05) is 0 Å². The molecule has 0 radical (unpaired) electrons. The molecule has 2 aliphatic rings. The fraction of sp³-hybridized carbons (Fsp3) is 0.0526.